The van der Waals surface area contributed by atoms with Gasteiger partial charge in [0, 0.05) is 24.8 Å². The molecule has 0 saturated heterocycles. The van der Waals surface area contributed by atoms with Crippen LogP contribution in [0.1, 0.15) is 75.1 Å². The van der Waals surface area contributed by atoms with Crippen LogP contribution in [-0.4, -0.2) is 228 Å². The molecule has 0 spiro atoms. The van der Waals surface area contributed by atoms with Gasteiger partial charge in [0.05, 0.1) is 65.0 Å². The Morgan fingerprint density at radius 1 is 0.259 bits per heavy atom. The molecule has 0 aliphatic carbocycles. The normalized spacial score (nSPS) is 15.3. The van der Waals surface area contributed by atoms with Crippen LogP contribution in [0.4, 0.5) is 224 Å². The van der Waals surface area contributed by atoms with Gasteiger partial charge >= 0.3 is 155 Å². The van der Waals surface area contributed by atoms with Crippen LogP contribution in [0.5, 0.6) is 17.2 Å². The number of esters is 2. The van der Waals surface area contributed by atoms with Crippen LogP contribution < -0.4 is 14.2 Å². The van der Waals surface area contributed by atoms with Crippen molar-refractivity contribution in [1.29, 1.82) is 0 Å². The maximum Gasteiger partial charge on any atom is 0.460 e. The average molecular weight is 1840 g/mol. The molecule has 0 saturated carbocycles. The Kier molecular flexibility index (Phi) is 32.8. The summed E-state index contributed by atoms with van der Waals surface area (Å²) < 4.78 is 747. The molecule has 0 amide bonds. The Bertz CT molecular complexity index is 3260. The number of hydrogen-bond acceptors (Lipinski definition) is 10. The molecule has 1 rings (SSSR count). The van der Waals surface area contributed by atoms with Gasteiger partial charge < -0.3 is 37.9 Å². The van der Waals surface area contributed by atoms with Gasteiger partial charge in [0.2, 0.25) is 5.75 Å². The molecular weight excluding hydrogens is 1790 g/mol. The number of alkyl halides is 51. The van der Waals surface area contributed by atoms with E-state index in [2.05, 4.69) is 6.58 Å². The summed E-state index contributed by atoms with van der Waals surface area (Å²) in [7, 11) is 0. The van der Waals surface area contributed by atoms with Gasteiger partial charge in [-0.05, 0) is 57.6 Å². The smallest absolute Gasteiger partial charge is 0.460 e. The minimum absolute atomic E-state index is 0.00146. The number of halogens is 51. The average Bonchev–Trinajstić information content (AvgIpc) is 0.705. The highest BCUT2D eigenvalue weighted by Crippen LogP contribution is 2.69. The second-order valence-electron chi connectivity index (χ2n) is 23.6. The van der Waals surface area contributed by atoms with E-state index in [1.54, 1.807) is 0 Å². The lowest BCUT2D eigenvalue weighted by Gasteiger charge is -2.42. The fourth-order valence-corrected chi connectivity index (χ4v) is 8.13. The van der Waals surface area contributed by atoms with Crippen molar-refractivity contribution in [3.8, 4) is 17.2 Å². The second-order valence-corrected chi connectivity index (χ2v) is 23.6. The van der Waals surface area contributed by atoms with Gasteiger partial charge in [0.15, 0.2) is 11.5 Å². The molecule has 0 unspecified atom stereocenters. The van der Waals surface area contributed by atoms with Crippen molar-refractivity contribution < 1.29 is 271 Å². The number of unbranched alkanes of at least 4 members (excludes halogenated alkanes) is 3. The summed E-state index contributed by atoms with van der Waals surface area (Å²) in [4.78, 5) is 24.7. The molecule has 116 heavy (non-hydrogen) atoms. The zero-order valence-electron chi connectivity index (χ0n) is 55.9. The van der Waals surface area contributed by atoms with Gasteiger partial charge in [-0.25, -0.2) is 9.59 Å². The third-order valence-corrected chi connectivity index (χ3v) is 15.0. The molecule has 1 aromatic rings. The molecule has 0 radical (unpaired) electrons. The van der Waals surface area contributed by atoms with Crippen molar-refractivity contribution in [2.45, 2.75) is 208 Å². The monoisotopic (exact) mass is 1840 g/mol. The summed E-state index contributed by atoms with van der Waals surface area (Å²) >= 11 is 0. The van der Waals surface area contributed by atoms with Crippen LogP contribution in [0, 0.1) is 0 Å². The number of carbonyl (C=O) groups is 2. The summed E-state index contributed by atoms with van der Waals surface area (Å²) in [6.07, 6.45) is -46.4. The number of benzene rings is 1. The van der Waals surface area contributed by atoms with Crippen LogP contribution in [0.15, 0.2) is 24.3 Å². The molecule has 61 heteroatoms. The molecule has 0 heterocycles. The Balaban J connectivity index is 4.12. The Morgan fingerprint density at radius 2 is 0.457 bits per heavy atom. The lowest BCUT2D eigenvalue weighted by molar-refractivity contribution is -0.461. The molecule has 0 N–H and O–H groups in total. The first-order valence-electron chi connectivity index (χ1n) is 30.1. The summed E-state index contributed by atoms with van der Waals surface area (Å²) in [5.74, 6) is -189. The number of carbonyl (C=O) groups excluding carboxylic acids is 2. The van der Waals surface area contributed by atoms with Crippen LogP contribution in [-0.2, 0) is 28.5 Å². The molecule has 0 atom stereocenters. The first kappa shape index (κ1) is 108. The van der Waals surface area contributed by atoms with Crippen molar-refractivity contribution >= 4 is 11.9 Å². The largest absolute Gasteiger partial charge is 0.490 e. The highest BCUT2D eigenvalue weighted by Gasteiger charge is 2.98. The molecule has 0 aliphatic heterocycles. The lowest BCUT2D eigenvalue weighted by atomic mass is 9.88. The SMILES string of the molecule is C=C(C)C(=O)OCCOCCOCCOCCOC(=O)c1cc(OCCCCC(F)(F)C(F)(F)C(F)(F)C(F)(F)C(F)(F)C(F)(F)C(F)(F)C(F)(F)F)c(OCCCCC(F)(F)C(F)(F)C(F)(F)C(F)(F)C(F)(F)C(F)(F)C(F)(F)C(F)(F)F)c(OCCCCC(F)(F)C(F)(F)C(F)(F)C(F)(F)C(F)(F)C(F)(F)C(F)(F)C(F)(F)F)c1. The van der Waals surface area contributed by atoms with Gasteiger partial charge in [-0.15, -0.1) is 0 Å². The third kappa shape index (κ3) is 19.6. The quantitative estimate of drug-likeness (QED) is 0.0271. The summed E-state index contributed by atoms with van der Waals surface area (Å²) in [5, 5.41) is 0. The number of ether oxygens (including phenoxy) is 8. The standard InChI is InChI=1S/C55H47F51O10/c1-25(2)30(107)115-21-19-110-17-15-109-16-18-111-20-22-116-31(108)26-23-27(112-12-6-3-9-32(56,57)35(62,63)38(68,69)41(74,75)44(80,81)47(86,87)50(92,93)53(98,99)100)29(114-14-8-5-11-34(60,61)37(66,67)40(72,73)43(78,79)46(84,85)49(90,91)52(96,97)55(104,105)106)28(24-26)113-13-7-4-10-33(58,59)36(64,65)39(70,71)42(76,77)45(82,83)48(88,89)51(94,95)54(101,102)103/h23-24H,1,3-22H2,2H3. The van der Waals surface area contributed by atoms with Gasteiger partial charge in [0.1, 0.15) is 13.2 Å². The van der Waals surface area contributed by atoms with E-state index in [9.17, 15) is 234 Å². The van der Waals surface area contributed by atoms with E-state index >= 15 is 0 Å². The molecule has 0 bridgehead atoms. The van der Waals surface area contributed by atoms with Gasteiger partial charge in [-0.2, -0.15) is 224 Å². The first-order chi connectivity index (χ1) is 51.1. The van der Waals surface area contributed by atoms with Crippen molar-refractivity contribution in [3.63, 3.8) is 0 Å². The zero-order chi connectivity index (χ0) is 92.3. The molecule has 0 aliphatic rings. The fourth-order valence-electron chi connectivity index (χ4n) is 8.13. The Hall–Kier alpha value is -6.39. The predicted molar refractivity (Wildman–Crippen MR) is 275 cm³/mol. The fraction of sp³-hybridized carbons (Fsp3) is 0.818. The molecular formula is C55H47F51O10. The second kappa shape index (κ2) is 35.4. The summed E-state index contributed by atoms with van der Waals surface area (Å²) in [6.45, 7) is -4.72. The van der Waals surface area contributed by atoms with Crippen molar-refractivity contribution in [1.82, 2.24) is 0 Å². The van der Waals surface area contributed by atoms with Crippen LogP contribution in [0.2, 0.25) is 0 Å². The van der Waals surface area contributed by atoms with Gasteiger partial charge in [0.25, 0.3) is 0 Å². The van der Waals surface area contributed by atoms with Crippen LogP contribution >= 0.6 is 0 Å². The van der Waals surface area contributed by atoms with Gasteiger partial charge in [-0.3, -0.25) is 0 Å². The van der Waals surface area contributed by atoms with Crippen LogP contribution in [0.25, 0.3) is 0 Å². The molecule has 0 aromatic heterocycles. The number of hydrogen-bond donors (Lipinski definition) is 0. The molecule has 1 aromatic carbocycles. The summed E-state index contributed by atoms with van der Waals surface area (Å²) in [5.41, 5.74) is -1.37. The Morgan fingerprint density at radius 3 is 0.681 bits per heavy atom. The van der Waals surface area contributed by atoms with Crippen LogP contribution in [0.3, 0.4) is 0 Å². The van der Waals surface area contributed by atoms with E-state index in [4.69, 9.17) is 37.9 Å². The van der Waals surface area contributed by atoms with E-state index in [1.165, 1.54) is 6.92 Å². The van der Waals surface area contributed by atoms with E-state index in [0.717, 1.165) is 0 Å². The topological polar surface area (TPSA) is 108 Å². The minimum atomic E-state index is -9.16. The van der Waals surface area contributed by atoms with Crippen molar-refractivity contribution in [2.75, 3.05) is 72.7 Å². The lowest BCUT2D eigenvalue weighted by Crippen LogP contribution is -2.74. The maximum atomic E-state index is 14.8. The zero-order valence-corrected chi connectivity index (χ0v) is 55.9. The van der Waals surface area contributed by atoms with E-state index in [-0.39, 0.29) is 50.7 Å². The van der Waals surface area contributed by atoms with Gasteiger partial charge in [-0.1, -0.05) is 6.58 Å². The Labute approximate surface area is 610 Å². The minimum Gasteiger partial charge on any atom is -0.490 e. The number of rotatable bonds is 50. The molecule has 684 valence electrons. The first-order valence-corrected chi connectivity index (χ1v) is 30.1. The molecule has 0 fully saturated rings. The summed E-state index contributed by atoms with van der Waals surface area (Å²) in [6, 6.07) is -0.00292. The highest BCUT2D eigenvalue weighted by molar-refractivity contribution is 5.91. The van der Waals surface area contributed by atoms with E-state index in [0.29, 0.717) is 0 Å². The van der Waals surface area contributed by atoms with E-state index < -0.39 is 275 Å². The predicted octanol–water partition coefficient (Wildman–Crippen LogP) is 21.7. The molecule has 10 nitrogen and oxygen atoms in total. The highest BCUT2D eigenvalue weighted by atomic mass is 19.5. The van der Waals surface area contributed by atoms with E-state index in [1.807, 2.05) is 0 Å². The van der Waals surface area contributed by atoms with Crippen molar-refractivity contribution in [2.24, 2.45) is 0 Å². The maximum absolute atomic E-state index is 14.8. The van der Waals surface area contributed by atoms with Crippen molar-refractivity contribution in [3.05, 3.63) is 29.8 Å². The third-order valence-electron chi connectivity index (χ3n) is 15.0.